The van der Waals surface area contributed by atoms with Crippen LogP contribution in [-0.2, 0) is 17.8 Å². The first-order chi connectivity index (χ1) is 14.5. The first-order valence-electron chi connectivity index (χ1n) is 9.63. The zero-order valence-electron chi connectivity index (χ0n) is 16.9. The van der Waals surface area contributed by atoms with Gasteiger partial charge in [-0.1, -0.05) is 12.1 Å². The van der Waals surface area contributed by atoms with Crippen LogP contribution >= 0.6 is 0 Å². The number of aromatic nitrogens is 3. The van der Waals surface area contributed by atoms with Gasteiger partial charge in [-0.3, -0.25) is 9.59 Å². The molecule has 7 nitrogen and oxygen atoms in total. The zero-order chi connectivity index (χ0) is 21.5. The van der Waals surface area contributed by atoms with Crippen molar-refractivity contribution in [2.45, 2.75) is 26.4 Å². The summed E-state index contributed by atoms with van der Waals surface area (Å²) in [5.41, 5.74) is 1.27. The van der Waals surface area contributed by atoms with Crippen LogP contribution in [0.4, 0.5) is 4.39 Å². The number of H-pyrrole nitrogens is 1. The van der Waals surface area contributed by atoms with E-state index in [0.717, 1.165) is 5.56 Å². The lowest BCUT2D eigenvalue weighted by atomic mass is 10.2. The van der Waals surface area contributed by atoms with Gasteiger partial charge in [-0.25, -0.2) is 4.39 Å². The molecule has 2 aromatic carbocycles. The molecule has 1 N–H and O–H groups in total. The summed E-state index contributed by atoms with van der Waals surface area (Å²) in [5, 5.41) is 8.06. The molecule has 1 heterocycles. The van der Waals surface area contributed by atoms with Crippen LogP contribution in [0.15, 0.2) is 53.3 Å². The van der Waals surface area contributed by atoms with E-state index in [-0.39, 0.29) is 42.4 Å². The Balaban J connectivity index is 1.62. The molecule has 3 aromatic rings. The molecule has 0 saturated carbocycles. The summed E-state index contributed by atoms with van der Waals surface area (Å²) >= 11 is 0. The molecule has 0 saturated heterocycles. The molecule has 0 atom stereocenters. The SMILES string of the molecule is CCN(C)C(=O)CCc1nnc(-c2ccc(OCc3cccc(F)c3)cc2)[nH]c1=O. The molecule has 1 aromatic heterocycles. The predicted octanol–water partition coefficient (Wildman–Crippen LogP) is 2.96. The molecule has 30 heavy (non-hydrogen) atoms. The van der Waals surface area contributed by atoms with E-state index in [2.05, 4.69) is 15.2 Å². The van der Waals surface area contributed by atoms with E-state index in [4.69, 9.17) is 4.74 Å². The van der Waals surface area contributed by atoms with Crippen LogP contribution in [0.5, 0.6) is 5.75 Å². The van der Waals surface area contributed by atoms with Gasteiger partial charge in [-0.05, 0) is 48.9 Å². The van der Waals surface area contributed by atoms with Crippen molar-refractivity contribution >= 4 is 5.91 Å². The molecule has 0 spiro atoms. The number of nitrogens with one attached hydrogen (secondary N) is 1. The van der Waals surface area contributed by atoms with Crippen LogP contribution in [0.25, 0.3) is 11.4 Å². The lowest BCUT2D eigenvalue weighted by molar-refractivity contribution is -0.129. The molecule has 8 heteroatoms. The fourth-order valence-corrected chi connectivity index (χ4v) is 2.75. The molecule has 1 amide bonds. The molecule has 0 unspecified atom stereocenters. The molecule has 0 bridgehead atoms. The highest BCUT2D eigenvalue weighted by Gasteiger charge is 2.11. The maximum absolute atomic E-state index is 13.2. The normalized spacial score (nSPS) is 10.6. The van der Waals surface area contributed by atoms with Crippen LogP contribution < -0.4 is 10.3 Å². The van der Waals surface area contributed by atoms with Crippen molar-refractivity contribution in [1.29, 1.82) is 0 Å². The molecule has 0 aliphatic rings. The van der Waals surface area contributed by atoms with Crippen molar-refractivity contribution in [3.05, 3.63) is 76.0 Å². The van der Waals surface area contributed by atoms with Gasteiger partial charge in [-0.2, -0.15) is 0 Å². The van der Waals surface area contributed by atoms with Gasteiger partial charge in [0.05, 0.1) is 0 Å². The van der Waals surface area contributed by atoms with Crippen molar-refractivity contribution < 1.29 is 13.9 Å². The van der Waals surface area contributed by atoms with Crippen LogP contribution in [0.1, 0.15) is 24.6 Å². The highest BCUT2D eigenvalue weighted by molar-refractivity contribution is 5.76. The molecule has 0 aliphatic carbocycles. The third kappa shape index (κ3) is 5.50. The summed E-state index contributed by atoms with van der Waals surface area (Å²) in [4.78, 5) is 28.5. The summed E-state index contributed by atoms with van der Waals surface area (Å²) in [6, 6.07) is 13.2. The molecular formula is C22H23FN4O3. The minimum atomic E-state index is -0.363. The van der Waals surface area contributed by atoms with E-state index in [1.807, 2.05) is 6.92 Å². The Bertz CT molecular complexity index is 1070. The van der Waals surface area contributed by atoms with Crippen molar-refractivity contribution in [3.8, 4) is 17.1 Å². The van der Waals surface area contributed by atoms with E-state index >= 15 is 0 Å². The number of rotatable bonds is 8. The van der Waals surface area contributed by atoms with Crippen LogP contribution in [0, 0.1) is 5.82 Å². The predicted molar refractivity (Wildman–Crippen MR) is 110 cm³/mol. The van der Waals surface area contributed by atoms with Crippen molar-refractivity contribution in [1.82, 2.24) is 20.1 Å². The summed E-state index contributed by atoms with van der Waals surface area (Å²) in [5.74, 6) is 0.585. The molecular weight excluding hydrogens is 387 g/mol. The fraction of sp³-hybridized carbons (Fsp3) is 0.273. The number of aromatic amines is 1. The third-order valence-electron chi connectivity index (χ3n) is 4.66. The number of halogens is 1. The monoisotopic (exact) mass is 410 g/mol. The lowest BCUT2D eigenvalue weighted by Gasteiger charge is -2.13. The largest absolute Gasteiger partial charge is 0.489 e. The van der Waals surface area contributed by atoms with Crippen LogP contribution in [-0.4, -0.2) is 39.6 Å². The molecule has 0 fully saturated rings. The number of hydrogen-bond donors (Lipinski definition) is 1. The molecule has 3 rings (SSSR count). The van der Waals surface area contributed by atoms with Crippen LogP contribution in [0.2, 0.25) is 0 Å². The Labute approximate surface area is 173 Å². The number of benzene rings is 2. The number of nitrogens with zero attached hydrogens (tertiary/aromatic N) is 3. The van der Waals surface area contributed by atoms with E-state index < -0.39 is 0 Å². The quantitative estimate of drug-likeness (QED) is 0.617. The Morgan fingerprint density at radius 3 is 2.60 bits per heavy atom. The van der Waals surface area contributed by atoms with E-state index in [9.17, 15) is 14.0 Å². The Morgan fingerprint density at radius 1 is 1.17 bits per heavy atom. The number of carbonyl (C=O) groups excluding carboxylic acids is 1. The summed E-state index contributed by atoms with van der Waals surface area (Å²) in [6.07, 6.45) is 0.442. The molecule has 156 valence electrons. The maximum Gasteiger partial charge on any atom is 0.273 e. The second-order valence-corrected chi connectivity index (χ2v) is 6.80. The highest BCUT2D eigenvalue weighted by atomic mass is 19.1. The van der Waals surface area contributed by atoms with Crippen molar-refractivity contribution in [3.63, 3.8) is 0 Å². The van der Waals surface area contributed by atoms with Gasteiger partial charge in [0.2, 0.25) is 5.91 Å². The van der Waals surface area contributed by atoms with Gasteiger partial charge in [-0.15, -0.1) is 10.2 Å². The highest BCUT2D eigenvalue weighted by Crippen LogP contribution is 2.19. The average molecular weight is 410 g/mol. The summed E-state index contributed by atoms with van der Waals surface area (Å²) < 4.78 is 18.9. The Kier molecular flexibility index (Phi) is 6.90. The third-order valence-corrected chi connectivity index (χ3v) is 4.66. The standard InChI is InChI=1S/C22H23FN4O3/c1-3-27(2)20(28)12-11-19-22(29)24-21(26-25-19)16-7-9-18(10-8-16)30-14-15-5-4-6-17(23)13-15/h4-10,13H,3,11-12,14H2,1-2H3,(H,24,26,29). The second-order valence-electron chi connectivity index (χ2n) is 6.80. The number of amides is 1. The van der Waals surface area contributed by atoms with Gasteiger partial charge >= 0.3 is 0 Å². The lowest BCUT2D eigenvalue weighted by Crippen LogP contribution is -2.27. The van der Waals surface area contributed by atoms with Crippen molar-refractivity contribution in [2.75, 3.05) is 13.6 Å². The van der Waals surface area contributed by atoms with E-state index in [1.165, 1.54) is 12.1 Å². The second kappa shape index (κ2) is 9.78. The smallest absolute Gasteiger partial charge is 0.273 e. The minimum absolute atomic E-state index is 0.0448. The summed E-state index contributed by atoms with van der Waals surface area (Å²) in [7, 11) is 1.72. The molecule has 0 radical (unpaired) electrons. The Morgan fingerprint density at radius 2 is 1.93 bits per heavy atom. The van der Waals surface area contributed by atoms with Crippen molar-refractivity contribution in [2.24, 2.45) is 0 Å². The number of hydrogen-bond acceptors (Lipinski definition) is 5. The first kappa shape index (κ1) is 21.2. The topological polar surface area (TPSA) is 88.2 Å². The molecule has 0 aliphatic heterocycles. The van der Waals surface area contributed by atoms with Crippen LogP contribution in [0.3, 0.4) is 0 Å². The first-order valence-corrected chi connectivity index (χ1v) is 9.63. The van der Waals surface area contributed by atoms with Gasteiger partial charge < -0.3 is 14.6 Å². The van der Waals surface area contributed by atoms with E-state index in [1.54, 1.807) is 48.3 Å². The van der Waals surface area contributed by atoms with Gasteiger partial charge in [0.1, 0.15) is 23.9 Å². The van der Waals surface area contributed by atoms with E-state index in [0.29, 0.717) is 23.7 Å². The van der Waals surface area contributed by atoms with Gasteiger partial charge in [0.25, 0.3) is 5.56 Å². The van der Waals surface area contributed by atoms with Gasteiger partial charge in [0.15, 0.2) is 5.82 Å². The fourth-order valence-electron chi connectivity index (χ4n) is 2.75. The number of ether oxygens (including phenoxy) is 1. The maximum atomic E-state index is 13.2. The number of aryl methyl sites for hydroxylation is 1. The number of carbonyl (C=O) groups is 1. The minimum Gasteiger partial charge on any atom is -0.489 e. The average Bonchev–Trinajstić information content (AvgIpc) is 2.76. The Hall–Kier alpha value is -3.55. The van der Waals surface area contributed by atoms with Gasteiger partial charge in [0, 0.05) is 32.0 Å². The summed E-state index contributed by atoms with van der Waals surface area (Å²) in [6.45, 7) is 2.74. The zero-order valence-corrected chi connectivity index (χ0v) is 16.9.